The van der Waals surface area contributed by atoms with Gasteiger partial charge in [-0.2, -0.15) is 5.10 Å². The number of aryl methyl sites for hydroxylation is 2. The van der Waals surface area contributed by atoms with E-state index in [1.165, 1.54) is 16.1 Å². The van der Waals surface area contributed by atoms with Gasteiger partial charge in [-0.1, -0.05) is 6.07 Å². The van der Waals surface area contributed by atoms with E-state index in [0.29, 0.717) is 12.1 Å². The van der Waals surface area contributed by atoms with Crippen LogP contribution in [-0.2, 0) is 6.54 Å². The van der Waals surface area contributed by atoms with Crippen molar-refractivity contribution in [2.75, 3.05) is 0 Å². The minimum absolute atomic E-state index is 0.317. The molecule has 0 saturated carbocycles. The van der Waals surface area contributed by atoms with Crippen LogP contribution in [0.2, 0.25) is 0 Å². The quantitative estimate of drug-likeness (QED) is 0.895. The molecule has 0 spiro atoms. The summed E-state index contributed by atoms with van der Waals surface area (Å²) < 4.78 is 2.08. The minimum Gasteiger partial charge on any atom is -0.303 e. The molecule has 2 heterocycles. The molecule has 2 atom stereocenters. The van der Waals surface area contributed by atoms with Gasteiger partial charge in [0.25, 0.3) is 0 Å². The van der Waals surface area contributed by atoms with Crippen LogP contribution in [0.15, 0.2) is 17.5 Å². The van der Waals surface area contributed by atoms with Crippen LogP contribution < -0.4 is 5.32 Å². The van der Waals surface area contributed by atoms with Gasteiger partial charge in [0.15, 0.2) is 0 Å². The third-order valence-corrected chi connectivity index (χ3v) is 4.69. The largest absolute Gasteiger partial charge is 0.303 e. The van der Waals surface area contributed by atoms with Crippen molar-refractivity contribution in [1.29, 1.82) is 0 Å². The van der Waals surface area contributed by atoms with Crippen molar-refractivity contribution in [3.63, 3.8) is 0 Å². The first-order valence-electron chi connectivity index (χ1n) is 6.88. The van der Waals surface area contributed by atoms with Crippen molar-refractivity contribution < 1.29 is 0 Å². The van der Waals surface area contributed by atoms with E-state index in [1.54, 1.807) is 11.3 Å². The molecule has 0 aliphatic heterocycles. The summed E-state index contributed by atoms with van der Waals surface area (Å²) in [5, 5.41) is 10.4. The Hall–Kier alpha value is -1.13. The third-order valence-electron chi connectivity index (χ3n) is 3.64. The lowest BCUT2D eigenvalue weighted by Gasteiger charge is -2.20. The van der Waals surface area contributed by atoms with Crippen molar-refractivity contribution in [3.8, 4) is 0 Å². The molecule has 1 N–H and O–H groups in total. The van der Waals surface area contributed by atoms with Crippen LogP contribution in [0.4, 0.5) is 0 Å². The second kappa shape index (κ2) is 5.88. The second-order valence-electron chi connectivity index (χ2n) is 5.03. The molecule has 19 heavy (non-hydrogen) atoms. The Morgan fingerprint density at radius 1 is 1.32 bits per heavy atom. The van der Waals surface area contributed by atoms with Gasteiger partial charge in [0, 0.05) is 34.8 Å². The molecule has 104 valence electrons. The first-order chi connectivity index (χ1) is 9.04. The Bertz CT molecular complexity index is 528. The highest BCUT2D eigenvalue weighted by molar-refractivity contribution is 7.10. The number of hydrogen-bond donors (Lipinski definition) is 1. The number of thiophene rings is 1. The lowest BCUT2D eigenvalue weighted by Crippen LogP contribution is -2.22. The first kappa shape index (κ1) is 14.3. The van der Waals surface area contributed by atoms with Gasteiger partial charge in [-0.05, 0) is 46.1 Å². The fourth-order valence-corrected chi connectivity index (χ4v) is 3.47. The molecule has 2 unspecified atom stereocenters. The minimum atomic E-state index is 0.317. The Morgan fingerprint density at radius 3 is 2.58 bits per heavy atom. The monoisotopic (exact) mass is 277 g/mol. The molecule has 0 aliphatic rings. The normalized spacial score (nSPS) is 14.6. The fourth-order valence-electron chi connectivity index (χ4n) is 2.72. The highest BCUT2D eigenvalue weighted by atomic mass is 32.1. The predicted octanol–water partition coefficient (Wildman–Crippen LogP) is 3.99. The average Bonchev–Trinajstić information content (AvgIpc) is 2.97. The molecular weight excluding hydrogens is 254 g/mol. The number of rotatable bonds is 5. The Balaban J connectivity index is 2.16. The van der Waals surface area contributed by atoms with E-state index < -0.39 is 0 Å². The molecule has 3 nitrogen and oxygen atoms in total. The molecule has 0 aliphatic carbocycles. The van der Waals surface area contributed by atoms with E-state index in [2.05, 4.69) is 67.2 Å². The van der Waals surface area contributed by atoms with Crippen molar-refractivity contribution in [1.82, 2.24) is 15.1 Å². The first-order valence-corrected chi connectivity index (χ1v) is 7.75. The lowest BCUT2D eigenvalue weighted by molar-refractivity contribution is 0.496. The number of nitrogens with zero attached hydrogens (tertiary/aromatic N) is 2. The van der Waals surface area contributed by atoms with Crippen LogP contribution in [0.1, 0.15) is 54.7 Å². The predicted molar refractivity (Wildman–Crippen MR) is 81.7 cm³/mol. The summed E-state index contributed by atoms with van der Waals surface area (Å²) in [6.07, 6.45) is 0. The summed E-state index contributed by atoms with van der Waals surface area (Å²) in [6, 6.07) is 4.98. The number of nitrogens with one attached hydrogen (secondary N) is 1. The maximum atomic E-state index is 4.60. The maximum absolute atomic E-state index is 4.60. The molecule has 0 radical (unpaired) electrons. The molecule has 0 bridgehead atoms. The van der Waals surface area contributed by atoms with Crippen molar-refractivity contribution in [2.45, 2.75) is 53.2 Å². The lowest BCUT2D eigenvalue weighted by atomic mass is 10.1. The Morgan fingerprint density at radius 2 is 2.05 bits per heavy atom. The average molecular weight is 277 g/mol. The fraction of sp³-hybridized carbons (Fsp3) is 0.533. The van der Waals surface area contributed by atoms with Gasteiger partial charge in [0.2, 0.25) is 0 Å². The van der Waals surface area contributed by atoms with Gasteiger partial charge >= 0.3 is 0 Å². The molecule has 0 saturated heterocycles. The smallest absolute Gasteiger partial charge is 0.0644 e. The van der Waals surface area contributed by atoms with Gasteiger partial charge in [0.05, 0.1) is 5.69 Å². The number of aromatic nitrogens is 2. The van der Waals surface area contributed by atoms with E-state index in [0.717, 1.165) is 12.2 Å². The zero-order chi connectivity index (χ0) is 14.0. The van der Waals surface area contributed by atoms with E-state index in [1.807, 2.05) is 0 Å². The van der Waals surface area contributed by atoms with Gasteiger partial charge < -0.3 is 5.32 Å². The van der Waals surface area contributed by atoms with Crippen LogP contribution in [0.5, 0.6) is 0 Å². The van der Waals surface area contributed by atoms with Crippen molar-refractivity contribution >= 4 is 11.3 Å². The SMILES string of the molecule is CCn1nc(C)c(C(C)NC(C)c2cccs2)c1C. The number of hydrogen-bond acceptors (Lipinski definition) is 3. The van der Waals surface area contributed by atoms with Gasteiger partial charge in [-0.3, -0.25) is 4.68 Å². The van der Waals surface area contributed by atoms with Gasteiger partial charge in [-0.15, -0.1) is 11.3 Å². The molecule has 0 aromatic carbocycles. The molecule has 4 heteroatoms. The maximum Gasteiger partial charge on any atom is 0.0644 e. The standard InChI is InChI=1S/C15H23N3S/c1-6-18-13(5)15(12(4)17-18)11(3)16-10(2)14-8-7-9-19-14/h7-11,16H,6H2,1-5H3. The summed E-state index contributed by atoms with van der Waals surface area (Å²) in [4.78, 5) is 1.38. The van der Waals surface area contributed by atoms with Crippen LogP contribution in [0.25, 0.3) is 0 Å². The zero-order valence-corrected chi connectivity index (χ0v) is 13.2. The van der Waals surface area contributed by atoms with Crippen LogP contribution in [0.3, 0.4) is 0 Å². The van der Waals surface area contributed by atoms with Gasteiger partial charge in [0.1, 0.15) is 0 Å². The summed E-state index contributed by atoms with van der Waals surface area (Å²) >= 11 is 1.80. The molecule has 2 aromatic rings. The van der Waals surface area contributed by atoms with E-state index in [4.69, 9.17) is 0 Å². The summed E-state index contributed by atoms with van der Waals surface area (Å²) in [6.45, 7) is 11.8. The van der Waals surface area contributed by atoms with E-state index >= 15 is 0 Å². The molecule has 2 rings (SSSR count). The molecular formula is C15H23N3S. The van der Waals surface area contributed by atoms with E-state index in [-0.39, 0.29) is 0 Å². The second-order valence-corrected chi connectivity index (χ2v) is 6.00. The Kier molecular flexibility index (Phi) is 4.42. The van der Waals surface area contributed by atoms with Crippen LogP contribution >= 0.6 is 11.3 Å². The van der Waals surface area contributed by atoms with Crippen LogP contribution in [-0.4, -0.2) is 9.78 Å². The van der Waals surface area contributed by atoms with Crippen LogP contribution in [0, 0.1) is 13.8 Å². The summed E-state index contributed by atoms with van der Waals surface area (Å²) in [7, 11) is 0. The Labute approximate surface area is 119 Å². The highest BCUT2D eigenvalue weighted by Gasteiger charge is 2.19. The highest BCUT2D eigenvalue weighted by Crippen LogP contribution is 2.26. The van der Waals surface area contributed by atoms with Crippen molar-refractivity contribution in [2.24, 2.45) is 0 Å². The molecule has 0 fully saturated rings. The zero-order valence-electron chi connectivity index (χ0n) is 12.4. The third kappa shape index (κ3) is 2.90. The summed E-state index contributed by atoms with van der Waals surface area (Å²) in [5.41, 5.74) is 3.75. The molecule has 2 aromatic heterocycles. The summed E-state index contributed by atoms with van der Waals surface area (Å²) in [5.74, 6) is 0. The van der Waals surface area contributed by atoms with Crippen molar-refractivity contribution in [3.05, 3.63) is 39.3 Å². The van der Waals surface area contributed by atoms with Gasteiger partial charge in [-0.25, -0.2) is 0 Å². The molecule has 0 amide bonds. The van der Waals surface area contributed by atoms with E-state index in [9.17, 15) is 0 Å². The topological polar surface area (TPSA) is 29.9 Å².